The first-order valence-electron chi connectivity index (χ1n) is 1.74. The molecule has 52 valence electrons. The summed E-state index contributed by atoms with van der Waals surface area (Å²) in [7, 11) is 0. The molecular formula is C4H5LiNO4-. The van der Waals surface area contributed by atoms with E-state index in [2.05, 4.69) is 11.5 Å². The molecule has 0 atom stereocenters. The van der Waals surface area contributed by atoms with Gasteiger partial charge < -0.3 is 20.7 Å². The van der Waals surface area contributed by atoms with E-state index in [-0.39, 0.29) is 18.9 Å². The summed E-state index contributed by atoms with van der Waals surface area (Å²) in [6.45, 7) is 2.94. The molecule has 5 nitrogen and oxygen atoms in total. The molecule has 0 spiro atoms. The topological polar surface area (TPSA) is 93.4 Å². The van der Waals surface area contributed by atoms with E-state index < -0.39 is 5.97 Å². The molecule has 0 radical (unpaired) electrons. The average molecular weight is 138 g/mol. The summed E-state index contributed by atoms with van der Waals surface area (Å²) in [6, 6.07) is 0. The average Bonchev–Trinajstić information content (AvgIpc) is 1.89. The number of carbonyl (C=O) groups is 1. The van der Waals surface area contributed by atoms with Crippen LogP contribution in [0, 0.1) is 5.41 Å². The molecule has 2 N–H and O–H groups in total. The first-order valence-corrected chi connectivity index (χ1v) is 1.74. The molecule has 0 saturated carbocycles. The summed E-state index contributed by atoms with van der Waals surface area (Å²) in [4.78, 5) is 12.1. The van der Waals surface area contributed by atoms with Crippen LogP contribution in [0.4, 0.5) is 0 Å². The van der Waals surface area contributed by atoms with Gasteiger partial charge in [0, 0.05) is 0 Å². The fourth-order valence-electron chi connectivity index (χ4n) is 0. The predicted molar refractivity (Wildman–Crippen MR) is 26.6 cm³/mol. The summed E-state index contributed by atoms with van der Waals surface area (Å²) in [5.41, 5.74) is 0. The van der Waals surface area contributed by atoms with Crippen LogP contribution in [0.3, 0.4) is 0 Å². The Kier molecular flexibility index (Phi) is 25.3. The van der Waals surface area contributed by atoms with E-state index in [1.807, 2.05) is 0 Å². The van der Waals surface area contributed by atoms with E-state index in [9.17, 15) is 0 Å². The van der Waals surface area contributed by atoms with Gasteiger partial charge in [-0.15, -0.1) is 0 Å². The van der Waals surface area contributed by atoms with Crippen molar-refractivity contribution >= 4 is 12.2 Å². The van der Waals surface area contributed by atoms with E-state index in [4.69, 9.17) is 20.6 Å². The van der Waals surface area contributed by atoms with Crippen LogP contribution in [0.15, 0.2) is 12.8 Å². The molecule has 0 aliphatic carbocycles. The third-order valence-electron chi connectivity index (χ3n) is 0.175. The third kappa shape index (κ3) is 56.2. The first-order chi connectivity index (χ1) is 4.18. The molecule has 6 heteroatoms. The zero-order valence-electron chi connectivity index (χ0n) is 5.46. The number of hydrogen-bond donors (Lipinski definition) is 2. The van der Waals surface area contributed by atoms with Crippen molar-refractivity contribution in [3.8, 4) is 0 Å². The number of carboxylic acid groups (broad SMARTS) is 1. The maximum Gasteiger partial charge on any atom is 1.00 e. The molecule has 0 fully saturated rings. The van der Waals surface area contributed by atoms with Gasteiger partial charge in [0.05, 0.1) is 6.26 Å². The van der Waals surface area contributed by atoms with Crippen LogP contribution < -0.4 is 24.1 Å². The monoisotopic (exact) mass is 138 g/mol. The molecule has 10 heavy (non-hydrogen) atoms. The maximum absolute atomic E-state index is 9.07. The minimum absolute atomic E-state index is 0. The minimum Gasteiger partial charge on any atom is -0.664 e. The van der Waals surface area contributed by atoms with Gasteiger partial charge in [-0.1, -0.05) is 6.58 Å². The third-order valence-corrected chi connectivity index (χ3v) is 0.175. The van der Waals surface area contributed by atoms with Crippen LogP contribution >= 0.6 is 0 Å². The van der Waals surface area contributed by atoms with Gasteiger partial charge >= 0.3 is 18.9 Å². The van der Waals surface area contributed by atoms with E-state index in [1.165, 1.54) is 6.21 Å². The molecular weight excluding hydrogens is 133 g/mol. The first kappa shape index (κ1) is 16.1. The Morgan fingerprint density at radius 3 is 2.10 bits per heavy atom. The number of rotatable bonds is 2. The number of nitrogens with one attached hydrogen (secondary N) is 1. The van der Waals surface area contributed by atoms with Crippen LogP contribution in [-0.4, -0.2) is 17.3 Å². The zero-order valence-corrected chi connectivity index (χ0v) is 5.46. The minimum atomic E-state index is -1.33. The molecule has 0 aromatic heterocycles. The molecule has 0 unspecified atom stereocenters. The predicted octanol–water partition coefficient (Wildman–Crippen LogP) is -3.98. The van der Waals surface area contributed by atoms with Gasteiger partial charge in [0.25, 0.3) is 0 Å². The standard InChI is InChI=1S/C2H2NO2.C2H4O2.Li/c3-1-2(4)5;1-2-4-3;/h3H,(H,4,5);2-3H,1H2;/q-1;;+1/p-1. The van der Waals surface area contributed by atoms with Crippen LogP contribution in [0.1, 0.15) is 0 Å². The quantitative estimate of drug-likeness (QED) is 0.102. The maximum atomic E-state index is 9.07. The van der Waals surface area contributed by atoms with Crippen molar-refractivity contribution in [2.75, 3.05) is 0 Å². The van der Waals surface area contributed by atoms with Gasteiger partial charge in [0.2, 0.25) is 0 Å². The van der Waals surface area contributed by atoms with Crippen molar-refractivity contribution in [1.82, 2.24) is 0 Å². The molecule has 0 aliphatic rings. The van der Waals surface area contributed by atoms with E-state index in [1.54, 1.807) is 0 Å². The van der Waals surface area contributed by atoms with E-state index in [0.29, 0.717) is 0 Å². The summed E-state index contributed by atoms with van der Waals surface area (Å²) >= 11 is 0. The number of hydrogen-bond acceptors (Lipinski definition) is 4. The molecule has 0 bridgehead atoms. The molecule has 0 rings (SSSR count). The summed E-state index contributed by atoms with van der Waals surface area (Å²) in [6.07, 6.45) is 2.01. The summed E-state index contributed by atoms with van der Waals surface area (Å²) in [5.74, 6) is -1.33. The second-order valence-electron chi connectivity index (χ2n) is 0.693. The van der Waals surface area contributed by atoms with Crippen molar-refractivity contribution in [2.24, 2.45) is 0 Å². The second-order valence-corrected chi connectivity index (χ2v) is 0.693. The zero-order chi connectivity index (χ0) is 7.70. The Hall–Kier alpha value is -0.763. The largest absolute Gasteiger partial charge is 1.00 e. The fourth-order valence-corrected chi connectivity index (χ4v) is 0. The van der Waals surface area contributed by atoms with Gasteiger partial charge in [-0.05, 0) is 0 Å². The van der Waals surface area contributed by atoms with Gasteiger partial charge in [-0.25, -0.2) is 0 Å². The van der Waals surface area contributed by atoms with Gasteiger partial charge in [-0.3, -0.25) is 11.0 Å². The normalized spacial score (nSPS) is 5.30. The van der Waals surface area contributed by atoms with Crippen molar-refractivity contribution in [1.29, 1.82) is 5.41 Å². The molecule has 0 amide bonds. The van der Waals surface area contributed by atoms with Crippen molar-refractivity contribution in [2.45, 2.75) is 0 Å². The van der Waals surface area contributed by atoms with Gasteiger partial charge in [0.15, 0.2) is 5.97 Å². The Morgan fingerprint density at radius 2 is 2.10 bits per heavy atom. The van der Waals surface area contributed by atoms with Crippen LogP contribution in [0.5, 0.6) is 0 Å². The fraction of sp³-hybridized carbons (Fsp3) is 0. The summed E-state index contributed by atoms with van der Waals surface area (Å²) in [5, 5.41) is 21.9. The van der Waals surface area contributed by atoms with Crippen LogP contribution in [0.2, 0.25) is 0 Å². The Labute approximate surface area is 69.9 Å². The van der Waals surface area contributed by atoms with Crippen molar-refractivity contribution < 1.29 is 38.9 Å². The molecule has 0 heterocycles. The van der Waals surface area contributed by atoms with E-state index >= 15 is 0 Å². The number of aliphatic carboxylic acids is 1. The van der Waals surface area contributed by atoms with Gasteiger partial charge in [-0.2, -0.15) is 0 Å². The molecule has 0 saturated heterocycles. The smallest absolute Gasteiger partial charge is 0.664 e. The van der Waals surface area contributed by atoms with E-state index in [0.717, 1.165) is 6.26 Å². The Morgan fingerprint density at radius 1 is 1.90 bits per heavy atom. The molecule has 0 aromatic carbocycles. The second kappa shape index (κ2) is 15.7. The molecule has 0 aliphatic heterocycles. The number of carboxylic acids is 1. The van der Waals surface area contributed by atoms with Gasteiger partial charge in [0.1, 0.15) is 0 Å². The van der Waals surface area contributed by atoms with Crippen LogP contribution in [-0.2, 0) is 9.68 Å². The van der Waals surface area contributed by atoms with Crippen LogP contribution in [0.25, 0.3) is 0 Å². The molecule has 0 aromatic rings. The SMILES string of the molecule is C=CO[O-].N=[C-]C(=O)O.[Li+]. The summed E-state index contributed by atoms with van der Waals surface area (Å²) < 4.78 is 0. The Balaban J connectivity index is -0.0000000910. The van der Waals surface area contributed by atoms with Crippen molar-refractivity contribution in [3.05, 3.63) is 12.8 Å². The van der Waals surface area contributed by atoms with Crippen molar-refractivity contribution in [3.63, 3.8) is 0 Å². The Bertz CT molecular complexity index is 105.